The smallest absolute Gasteiger partial charge is 0.255 e. The number of hydrogen-bond donors (Lipinski definition) is 1. The summed E-state index contributed by atoms with van der Waals surface area (Å²) in [5.74, 6) is -0.478. The minimum Gasteiger partial charge on any atom is -0.385 e. The number of carbonyl (C=O) groups is 1. The first kappa shape index (κ1) is 14.7. The minimum atomic E-state index is -2.55. The van der Waals surface area contributed by atoms with Gasteiger partial charge in [-0.2, -0.15) is 0 Å². The molecule has 0 aliphatic heterocycles. The molecular formula is C12H15ClF2N2O. The normalized spacial score (nSPS) is 10.6. The molecule has 0 unspecified atom stereocenters. The number of benzene rings is 1. The molecule has 0 aliphatic carbocycles. The quantitative estimate of drug-likeness (QED) is 0.896. The van der Waals surface area contributed by atoms with Crippen LogP contribution in [-0.4, -0.2) is 37.4 Å². The van der Waals surface area contributed by atoms with Crippen molar-refractivity contribution in [3.63, 3.8) is 0 Å². The Morgan fingerprint density at radius 2 is 2.17 bits per heavy atom. The highest BCUT2D eigenvalue weighted by Gasteiger charge is 2.19. The lowest BCUT2D eigenvalue weighted by atomic mass is 10.1. The molecule has 0 atom stereocenters. The van der Waals surface area contributed by atoms with Gasteiger partial charge in [0.1, 0.15) is 0 Å². The van der Waals surface area contributed by atoms with Gasteiger partial charge in [0.2, 0.25) is 0 Å². The van der Waals surface area contributed by atoms with Crippen molar-refractivity contribution in [3.8, 4) is 0 Å². The molecule has 18 heavy (non-hydrogen) atoms. The molecule has 1 amide bonds. The van der Waals surface area contributed by atoms with Crippen molar-refractivity contribution < 1.29 is 13.6 Å². The van der Waals surface area contributed by atoms with E-state index >= 15 is 0 Å². The standard InChI is InChI=1S/C12H15ClF2N2O/c1-3-16-10-5-4-8(13)6-9(10)12(18)17(2)7-11(14)15/h4-6,11,16H,3,7H2,1-2H3. The lowest BCUT2D eigenvalue weighted by Crippen LogP contribution is -2.31. The summed E-state index contributed by atoms with van der Waals surface area (Å²) in [7, 11) is 1.34. The Balaban J connectivity index is 2.99. The highest BCUT2D eigenvalue weighted by atomic mass is 35.5. The van der Waals surface area contributed by atoms with E-state index in [4.69, 9.17) is 11.6 Å². The zero-order chi connectivity index (χ0) is 13.7. The van der Waals surface area contributed by atoms with Crippen molar-refractivity contribution in [2.75, 3.05) is 25.5 Å². The van der Waals surface area contributed by atoms with Gasteiger partial charge in [-0.15, -0.1) is 0 Å². The van der Waals surface area contributed by atoms with E-state index in [1.165, 1.54) is 13.1 Å². The Kier molecular flexibility index (Phi) is 5.34. The number of rotatable bonds is 5. The van der Waals surface area contributed by atoms with Gasteiger partial charge in [-0.05, 0) is 25.1 Å². The largest absolute Gasteiger partial charge is 0.385 e. The van der Waals surface area contributed by atoms with Gasteiger partial charge in [-0.1, -0.05) is 11.6 Å². The van der Waals surface area contributed by atoms with E-state index < -0.39 is 18.9 Å². The van der Waals surface area contributed by atoms with Gasteiger partial charge in [0, 0.05) is 24.3 Å². The number of hydrogen-bond acceptors (Lipinski definition) is 2. The molecule has 0 saturated carbocycles. The molecule has 0 fully saturated rings. The molecule has 3 nitrogen and oxygen atoms in total. The van der Waals surface area contributed by atoms with Gasteiger partial charge in [0.15, 0.2) is 0 Å². The van der Waals surface area contributed by atoms with Gasteiger partial charge in [-0.3, -0.25) is 4.79 Å². The lowest BCUT2D eigenvalue weighted by Gasteiger charge is -2.19. The van der Waals surface area contributed by atoms with Crippen LogP contribution >= 0.6 is 11.6 Å². The Morgan fingerprint density at radius 1 is 1.50 bits per heavy atom. The fraction of sp³-hybridized carbons (Fsp3) is 0.417. The zero-order valence-corrected chi connectivity index (χ0v) is 11.0. The number of amides is 1. The van der Waals surface area contributed by atoms with Gasteiger partial charge >= 0.3 is 0 Å². The molecule has 0 bridgehead atoms. The second-order valence-electron chi connectivity index (χ2n) is 3.80. The van der Waals surface area contributed by atoms with Crippen LogP contribution in [0.2, 0.25) is 5.02 Å². The van der Waals surface area contributed by atoms with Crippen molar-refractivity contribution in [3.05, 3.63) is 28.8 Å². The molecule has 0 aliphatic rings. The summed E-state index contributed by atoms with van der Waals surface area (Å²) in [6.07, 6.45) is -2.55. The van der Waals surface area contributed by atoms with Gasteiger partial charge < -0.3 is 10.2 Å². The summed E-state index contributed by atoms with van der Waals surface area (Å²) in [5, 5.41) is 3.39. The van der Waals surface area contributed by atoms with E-state index in [2.05, 4.69) is 5.32 Å². The highest BCUT2D eigenvalue weighted by molar-refractivity contribution is 6.31. The maximum atomic E-state index is 12.3. The molecule has 0 heterocycles. The summed E-state index contributed by atoms with van der Waals surface area (Å²) in [6, 6.07) is 4.78. The van der Waals surface area contributed by atoms with Crippen molar-refractivity contribution in [2.45, 2.75) is 13.3 Å². The van der Waals surface area contributed by atoms with E-state index in [0.717, 1.165) is 4.90 Å². The van der Waals surface area contributed by atoms with Crippen LogP contribution in [0.5, 0.6) is 0 Å². The Bertz CT molecular complexity index is 427. The molecule has 1 N–H and O–H groups in total. The van der Waals surface area contributed by atoms with Gasteiger partial charge in [0.25, 0.3) is 12.3 Å². The first-order valence-corrected chi connectivity index (χ1v) is 5.90. The van der Waals surface area contributed by atoms with Crippen LogP contribution in [0.4, 0.5) is 14.5 Å². The average Bonchev–Trinajstić information content (AvgIpc) is 2.30. The maximum absolute atomic E-state index is 12.3. The summed E-state index contributed by atoms with van der Waals surface area (Å²) in [5.41, 5.74) is 0.889. The number of anilines is 1. The van der Waals surface area contributed by atoms with Crippen LogP contribution in [0.15, 0.2) is 18.2 Å². The average molecular weight is 277 g/mol. The summed E-state index contributed by atoms with van der Waals surface area (Å²) >= 11 is 5.82. The highest BCUT2D eigenvalue weighted by Crippen LogP contribution is 2.22. The van der Waals surface area contributed by atoms with Crippen molar-refractivity contribution in [2.24, 2.45) is 0 Å². The maximum Gasteiger partial charge on any atom is 0.255 e. The number of nitrogens with zero attached hydrogens (tertiary/aromatic N) is 1. The van der Waals surface area contributed by atoms with Crippen LogP contribution < -0.4 is 5.32 Å². The molecule has 0 aromatic heterocycles. The Morgan fingerprint density at radius 3 is 2.72 bits per heavy atom. The first-order chi connectivity index (χ1) is 8.45. The second-order valence-corrected chi connectivity index (χ2v) is 4.23. The fourth-order valence-electron chi connectivity index (χ4n) is 1.53. The monoisotopic (exact) mass is 276 g/mol. The van der Waals surface area contributed by atoms with Crippen LogP contribution in [0, 0.1) is 0 Å². The van der Waals surface area contributed by atoms with Crippen molar-refractivity contribution in [1.82, 2.24) is 4.90 Å². The Labute approximate surface area is 110 Å². The molecule has 0 spiro atoms. The molecule has 0 saturated heterocycles. The summed E-state index contributed by atoms with van der Waals surface area (Å²) in [4.78, 5) is 13.0. The number of alkyl halides is 2. The summed E-state index contributed by atoms with van der Waals surface area (Å²) in [6.45, 7) is 1.91. The third-order valence-corrected chi connectivity index (χ3v) is 2.57. The second kappa shape index (κ2) is 6.54. The number of carbonyl (C=O) groups excluding carboxylic acids is 1. The Hall–Kier alpha value is -1.36. The predicted molar refractivity (Wildman–Crippen MR) is 68.6 cm³/mol. The first-order valence-electron chi connectivity index (χ1n) is 5.52. The SMILES string of the molecule is CCNc1ccc(Cl)cc1C(=O)N(C)CC(F)F. The van der Waals surface area contributed by atoms with Crippen LogP contribution in [0.3, 0.4) is 0 Å². The van der Waals surface area contributed by atoms with E-state index in [1.807, 2.05) is 6.92 Å². The van der Waals surface area contributed by atoms with E-state index in [9.17, 15) is 13.6 Å². The fourth-order valence-corrected chi connectivity index (χ4v) is 1.71. The minimum absolute atomic E-state index is 0.299. The third kappa shape index (κ3) is 3.84. The number of nitrogens with one attached hydrogen (secondary N) is 1. The van der Waals surface area contributed by atoms with Crippen LogP contribution in [0.25, 0.3) is 0 Å². The van der Waals surface area contributed by atoms with Crippen LogP contribution in [-0.2, 0) is 0 Å². The summed E-state index contributed by atoms with van der Waals surface area (Å²) < 4.78 is 24.5. The van der Waals surface area contributed by atoms with E-state index in [-0.39, 0.29) is 0 Å². The topological polar surface area (TPSA) is 32.3 Å². The van der Waals surface area contributed by atoms with E-state index in [1.54, 1.807) is 12.1 Å². The molecule has 6 heteroatoms. The number of halogens is 3. The molecule has 0 radical (unpaired) electrons. The zero-order valence-electron chi connectivity index (χ0n) is 10.2. The predicted octanol–water partition coefficient (Wildman–Crippen LogP) is 3.11. The van der Waals surface area contributed by atoms with Crippen LogP contribution in [0.1, 0.15) is 17.3 Å². The molecular weight excluding hydrogens is 262 g/mol. The molecule has 1 rings (SSSR count). The van der Waals surface area contributed by atoms with Crippen molar-refractivity contribution in [1.29, 1.82) is 0 Å². The molecule has 1 aromatic carbocycles. The third-order valence-electron chi connectivity index (χ3n) is 2.34. The van der Waals surface area contributed by atoms with Crippen molar-refractivity contribution >= 4 is 23.2 Å². The molecule has 1 aromatic rings. The van der Waals surface area contributed by atoms with Gasteiger partial charge in [0.05, 0.1) is 12.1 Å². The molecule has 100 valence electrons. The van der Waals surface area contributed by atoms with E-state index in [0.29, 0.717) is 22.8 Å². The lowest BCUT2D eigenvalue weighted by molar-refractivity contribution is 0.0621. The van der Waals surface area contributed by atoms with Gasteiger partial charge in [-0.25, -0.2) is 8.78 Å².